The Morgan fingerprint density at radius 3 is 2.32 bits per heavy atom. The van der Waals surface area contributed by atoms with Crippen LogP contribution in [0, 0.1) is 34.3 Å². The van der Waals surface area contributed by atoms with Gasteiger partial charge in [0.05, 0.1) is 0 Å². The molecule has 0 saturated carbocycles. The first-order chi connectivity index (χ1) is 7.12. The second-order valence-electron chi connectivity index (χ2n) is 5.84. The van der Waals surface area contributed by atoms with Gasteiger partial charge in [0.1, 0.15) is 0 Å². The molecule has 0 amide bonds. The van der Waals surface area contributed by atoms with Crippen molar-refractivity contribution in [3.63, 3.8) is 0 Å². The third-order valence-electron chi connectivity index (χ3n) is 4.15. The number of rotatable bonds is 3. The summed E-state index contributed by atoms with van der Waals surface area (Å²) in [6.45, 7) is 7.41. The van der Waals surface area contributed by atoms with Crippen LogP contribution in [0.4, 0.5) is 0 Å². The van der Waals surface area contributed by atoms with Crippen molar-refractivity contribution >= 4 is 8.07 Å². The molecule has 0 fully saturated rings. The summed E-state index contributed by atoms with van der Waals surface area (Å²) in [6, 6.07) is 2.84. The Balaban J connectivity index is -0.000000640. The van der Waals surface area contributed by atoms with Gasteiger partial charge in [0.2, 0.25) is 0 Å². The van der Waals surface area contributed by atoms with Crippen molar-refractivity contribution in [3.05, 3.63) is 45.6 Å². The second-order valence-corrected chi connectivity index (χ2v) is 11.3. The molecule has 2 heteroatoms. The van der Waals surface area contributed by atoms with Crippen molar-refractivity contribution < 1.29 is 21.7 Å². The summed E-state index contributed by atoms with van der Waals surface area (Å²) in [5.74, 6) is 0.710. The number of allylic oxidation sites excluding steroid dienone is 4. The zero-order valence-corrected chi connectivity index (χ0v) is 16.5. The number of hydrogen-bond acceptors (Lipinski definition) is 0. The summed E-state index contributed by atoms with van der Waals surface area (Å²) in [4.78, 5) is 0. The first-order valence-electron chi connectivity index (χ1n) is 6.43. The van der Waals surface area contributed by atoms with Crippen LogP contribution in [0.1, 0.15) is 32.6 Å². The van der Waals surface area contributed by atoms with Crippen LogP contribution in [0.5, 0.6) is 0 Å². The smallest absolute Gasteiger partial charge is 0.358 e. The van der Waals surface area contributed by atoms with E-state index in [1.165, 1.54) is 37.8 Å². The van der Waals surface area contributed by atoms with E-state index in [1.54, 1.807) is 11.1 Å². The molecule has 0 heterocycles. The average Bonchev–Trinajstić information content (AvgIpc) is 2.62. The zero-order valence-electron chi connectivity index (χ0n) is 13.9. The molecule has 0 aromatic carbocycles. The van der Waals surface area contributed by atoms with E-state index in [2.05, 4.69) is 32.2 Å². The van der Waals surface area contributed by atoms with E-state index in [1.807, 2.05) is 0 Å². The normalized spacial score (nSPS) is 20.5. The Kier molecular flexibility index (Phi) is 13.1. The summed E-state index contributed by atoms with van der Waals surface area (Å²) in [6.07, 6.45) is 11.4. The van der Waals surface area contributed by atoms with Gasteiger partial charge >= 0.3 is 21.7 Å². The van der Waals surface area contributed by atoms with Crippen molar-refractivity contribution in [2.75, 3.05) is 0 Å². The van der Waals surface area contributed by atoms with Crippen LogP contribution in [-0.4, -0.2) is 8.07 Å². The van der Waals surface area contributed by atoms with Crippen LogP contribution in [-0.2, 0) is 21.7 Å². The third kappa shape index (κ3) is 6.14. The quantitative estimate of drug-likeness (QED) is 0.448. The summed E-state index contributed by atoms with van der Waals surface area (Å²) < 4.78 is 0. The summed E-state index contributed by atoms with van der Waals surface area (Å²) in [5, 5.41) is 0. The molecule has 0 bridgehead atoms. The maximum absolute atomic E-state index is 3.62. The van der Waals surface area contributed by atoms with Gasteiger partial charge < -0.3 is 22.3 Å². The Morgan fingerprint density at radius 1 is 1.16 bits per heavy atom. The molecule has 2 aliphatic carbocycles. The van der Waals surface area contributed by atoms with E-state index >= 15 is 0 Å². The molecule has 1 atom stereocenters. The average molecular weight is 312 g/mol. The predicted octanol–water partition coefficient (Wildman–Crippen LogP) is 5.92. The molecule has 108 valence electrons. The molecule has 0 nitrogen and oxygen atoms in total. The largest absolute Gasteiger partial charge is 4.00 e. The molecular weight excluding hydrogens is 280 g/mol. The molecule has 0 spiro atoms. The minimum absolute atomic E-state index is 0. The van der Waals surface area contributed by atoms with Crippen molar-refractivity contribution in [2.45, 2.75) is 57.8 Å². The zero-order chi connectivity index (χ0) is 10.9. The van der Waals surface area contributed by atoms with E-state index in [0.717, 1.165) is 0 Å². The van der Waals surface area contributed by atoms with Crippen LogP contribution >= 0.6 is 0 Å². The molecule has 0 saturated heterocycles. The molecule has 0 radical (unpaired) electrons. The van der Waals surface area contributed by atoms with E-state index in [4.69, 9.17) is 0 Å². The molecule has 0 aromatic rings. The van der Waals surface area contributed by atoms with Crippen LogP contribution < -0.4 is 0 Å². The topological polar surface area (TPSA) is 0 Å². The fraction of sp³-hybridized carbons (Fsp3) is 0.588. The van der Waals surface area contributed by atoms with E-state index in [0.29, 0.717) is 5.92 Å². The second kappa shape index (κ2) is 10.2. The van der Waals surface area contributed by atoms with Gasteiger partial charge in [-0.1, -0.05) is 57.3 Å². The van der Waals surface area contributed by atoms with Gasteiger partial charge in [-0.2, -0.15) is 11.1 Å². The minimum atomic E-state index is -0.935. The SMILES string of the molecule is CC[Si](C)(C)CC1[C-]=CC2=C1CCCC2.[CH3-].[CH3-].[CH3-].[Ti+4]. The van der Waals surface area contributed by atoms with E-state index in [9.17, 15) is 0 Å². The van der Waals surface area contributed by atoms with E-state index in [-0.39, 0.29) is 44.0 Å². The van der Waals surface area contributed by atoms with E-state index < -0.39 is 8.07 Å². The Bertz CT molecular complexity index is 302. The van der Waals surface area contributed by atoms with Crippen LogP contribution in [0.25, 0.3) is 0 Å². The van der Waals surface area contributed by atoms with Crippen molar-refractivity contribution in [3.8, 4) is 0 Å². The van der Waals surface area contributed by atoms with Gasteiger partial charge in [-0.25, -0.2) is 6.08 Å². The first-order valence-corrected chi connectivity index (χ1v) is 9.85. The Hall–Kier alpha value is 0.411. The molecule has 1 unspecified atom stereocenters. The summed E-state index contributed by atoms with van der Waals surface area (Å²) >= 11 is 0. The third-order valence-corrected chi connectivity index (χ3v) is 7.58. The maximum atomic E-state index is 3.62. The molecule has 0 N–H and O–H groups in total. The molecular formula is C17H32SiTi. The van der Waals surface area contributed by atoms with Crippen molar-refractivity contribution in [1.29, 1.82) is 0 Å². The van der Waals surface area contributed by atoms with Gasteiger partial charge in [0.15, 0.2) is 0 Å². The molecule has 0 aliphatic heterocycles. The first kappa shape index (κ1) is 24.4. The maximum Gasteiger partial charge on any atom is 4.00 e. The van der Waals surface area contributed by atoms with Gasteiger partial charge in [0, 0.05) is 8.07 Å². The van der Waals surface area contributed by atoms with Gasteiger partial charge in [0.25, 0.3) is 0 Å². The standard InChI is InChI=1S/C14H23Si.3CH3.Ti/c1-4-15(2,3)11-13-10-9-12-7-5-6-8-14(12)13;;;;/h9,13H,4-8,11H2,1-3H3;3*1H3;/q4*-1;+4. The summed E-state index contributed by atoms with van der Waals surface area (Å²) in [7, 11) is -0.935. The molecule has 19 heavy (non-hydrogen) atoms. The van der Waals surface area contributed by atoms with Crippen molar-refractivity contribution in [1.82, 2.24) is 0 Å². The van der Waals surface area contributed by atoms with Gasteiger partial charge in [-0.3, -0.25) is 6.08 Å². The fourth-order valence-electron chi connectivity index (χ4n) is 2.70. The molecule has 2 aliphatic rings. The Morgan fingerprint density at radius 2 is 1.74 bits per heavy atom. The van der Waals surface area contributed by atoms with Gasteiger partial charge in [-0.05, 0) is 6.42 Å². The summed E-state index contributed by atoms with van der Waals surface area (Å²) in [5.41, 5.74) is 3.41. The molecule has 0 aromatic heterocycles. The fourth-order valence-corrected chi connectivity index (χ4v) is 4.45. The minimum Gasteiger partial charge on any atom is -0.358 e. The predicted molar refractivity (Wildman–Crippen MR) is 88.8 cm³/mol. The monoisotopic (exact) mass is 312 g/mol. The van der Waals surface area contributed by atoms with Crippen LogP contribution in [0.2, 0.25) is 25.2 Å². The number of hydrogen-bond donors (Lipinski definition) is 0. The molecule has 2 rings (SSSR count). The van der Waals surface area contributed by atoms with Crippen LogP contribution in [0.3, 0.4) is 0 Å². The van der Waals surface area contributed by atoms with Crippen LogP contribution in [0.15, 0.2) is 17.2 Å². The Labute approximate surface area is 139 Å². The van der Waals surface area contributed by atoms with Crippen molar-refractivity contribution in [2.24, 2.45) is 5.92 Å². The van der Waals surface area contributed by atoms with Gasteiger partial charge in [-0.15, -0.1) is 0 Å².